The van der Waals surface area contributed by atoms with Crippen molar-refractivity contribution in [3.8, 4) is 5.75 Å². The van der Waals surface area contributed by atoms with Crippen LogP contribution in [0.4, 0.5) is 0 Å². The molecular weight excluding hydrogens is 250 g/mol. The monoisotopic (exact) mass is 277 g/mol. The van der Waals surface area contributed by atoms with Gasteiger partial charge in [0.1, 0.15) is 5.75 Å². The van der Waals surface area contributed by atoms with Crippen molar-refractivity contribution in [3.05, 3.63) is 29.8 Å². The van der Waals surface area contributed by atoms with Crippen molar-refractivity contribution >= 4 is 5.91 Å². The summed E-state index contributed by atoms with van der Waals surface area (Å²) in [5.41, 5.74) is 1.04. The van der Waals surface area contributed by atoms with Gasteiger partial charge in [-0.2, -0.15) is 0 Å². The van der Waals surface area contributed by atoms with Gasteiger partial charge in [0.2, 0.25) is 5.91 Å². The summed E-state index contributed by atoms with van der Waals surface area (Å²) >= 11 is 0. The van der Waals surface area contributed by atoms with Crippen LogP contribution in [0.5, 0.6) is 5.75 Å². The van der Waals surface area contributed by atoms with E-state index in [0.717, 1.165) is 24.2 Å². The molecule has 0 bridgehead atoms. The highest BCUT2D eigenvalue weighted by molar-refractivity contribution is 5.78. The van der Waals surface area contributed by atoms with Gasteiger partial charge in [0.05, 0.1) is 6.61 Å². The van der Waals surface area contributed by atoms with Gasteiger partial charge in [-0.15, -0.1) is 0 Å². The molecule has 0 saturated heterocycles. The van der Waals surface area contributed by atoms with Gasteiger partial charge in [0.25, 0.3) is 0 Å². The SMILES string of the molecule is CCC(C)C(=O)NCc1ccccc1OCCC(C)C. The van der Waals surface area contributed by atoms with Gasteiger partial charge in [-0.25, -0.2) is 0 Å². The van der Waals surface area contributed by atoms with E-state index >= 15 is 0 Å². The van der Waals surface area contributed by atoms with Crippen LogP contribution < -0.4 is 10.1 Å². The maximum Gasteiger partial charge on any atom is 0.223 e. The number of hydrogen-bond acceptors (Lipinski definition) is 2. The molecule has 0 aliphatic carbocycles. The van der Waals surface area contributed by atoms with Crippen LogP contribution in [0.2, 0.25) is 0 Å². The van der Waals surface area contributed by atoms with Crippen LogP contribution in [0.15, 0.2) is 24.3 Å². The van der Waals surface area contributed by atoms with Gasteiger partial charge in [0.15, 0.2) is 0 Å². The summed E-state index contributed by atoms with van der Waals surface area (Å²) in [4.78, 5) is 11.8. The summed E-state index contributed by atoms with van der Waals surface area (Å²) < 4.78 is 5.82. The predicted octanol–water partition coefficient (Wildman–Crippen LogP) is 3.77. The Balaban J connectivity index is 2.54. The molecule has 3 nitrogen and oxygen atoms in total. The lowest BCUT2D eigenvalue weighted by Crippen LogP contribution is -2.28. The van der Waals surface area contributed by atoms with E-state index in [2.05, 4.69) is 19.2 Å². The summed E-state index contributed by atoms with van der Waals surface area (Å²) in [5.74, 6) is 1.67. The fourth-order valence-corrected chi connectivity index (χ4v) is 1.74. The molecule has 112 valence electrons. The first-order valence-corrected chi connectivity index (χ1v) is 7.53. The van der Waals surface area contributed by atoms with E-state index in [1.807, 2.05) is 38.1 Å². The molecule has 1 atom stereocenters. The zero-order chi connectivity index (χ0) is 15.0. The molecule has 1 unspecified atom stereocenters. The summed E-state index contributed by atoms with van der Waals surface area (Å²) in [7, 11) is 0. The molecule has 0 fully saturated rings. The minimum Gasteiger partial charge on any atom is -0.493 e. The van der Waals surface area contributed by atoms with E-state index in [0.29, 0.717) is 19.1 Å². The highest BCUT2D eigenvalue weighted by atomic mass is 16.5. The molecular formula is C17H27NO2. The standard InChI is InChI=1S/C17H27NO2/c1-5-14(4)17(19)18-12-15-8-6-7-9-16(15)20-11-10-13(2)3/h6-9,13-14H,5,10-12H2,1-4H3,(H,18,19). The number of hydrogen-bond donors (Lipinski definition) is 1. The third-order valence-electron chi connectivity index (χ3n) is 3.44. The Morgan fingerprint density at radius 2 is 1.95 bits per heavy atom. The Morgan fingerprint density at radius 3 is 2.60 bits per heavy atom. The Bertz CT molecular complexity index is 415. The number of rotatable bonds is 8. The predicted molar refractivity (Wildman–Crippen MR) is 82.7 cm³/mol. The smallest absolute Gasteiger partial charge is 0.223 e. The van der Waals surface area contributed by atoms with Crippen molar-refractivity contribution in [2.45, 2.75) is 47.1 Å². The van der Waals surface area contributed by atoms with Gasteiger partial charge >= 0.3 is 0 Å². The molecule has 0 heterocycles. The zero-order valence-corrected chi connectivity index (χ0v) is 13.1. The molecule has 1 N–H and O–H groups in total. The van der Waals surface area contributed by atoms with Crippen LogP contribution >= 0.6 is 0 Å². The topological polar surface area (TPSA) is 38.3 Å². The molecule has 0 aliphatic heterocycles. The second-order valence-corrected chi connectivity index (χ2v) is 5.67. The normalized spacial score (nSPS) is 12.2. The molecule has 0 aromatic heterocycles. The van der Waals surface area contributed by atoms with Crippen LogP contribution in [0, 0.1) is 11.8 Å². The lowest BCUT2D eigenvalue weighted by Gasteiger charge is -2.14. The summed E-state index contributed by atoms with van der Waals surface area (Å²) in [5, 5.41) is 2.97. The van der Waals surface area contributed by atoms with Crippen LogP contribution in [0.1, 0.15) is 46.1 Å². The molecule has 1 rings (SSSR count). The Labute approximate surface area is 122 Å². The van der Waals surface area contributed by atoms with Gasteiger partial charge in [0, 0.05) is 18.0 Å². The first kappa shape index (κ1) is 16.5. The second-order valence-electron chi connectivity index (χ2n) is 5.67. The first-order chi connectivity index (χ1) is 9.54. The minimum atomic E-state index is 0.0593. The summed E-state index contributed by atoms with van der Waals surface area (Å²) in [6.45, 7) is 9.58. The lowest BCUT2D eigenvalue weighted by molar-refractivity contribution is -0.124. The van der Waals surface area contributed by atoms with E-state index in [1.54, 1.807) is 0 Å². The lowest BCUT2D eigenvalue weighted by atomic mass is 10.1. The largest absolute Gasteiger partial charge is 0.493 e. The number of ether oxygens (including phenoxy) is 1. The van der Waals surface area contributed by atoms with Crippen LogP contribution in [-0.4, -0.2) is 12.5 Å². The molecule has 20 heavy (non-hydrogen) atoms. The van der Waals surface area contributed by atoms with Gasteiger partial charge in [-0.1, -0.05) is 45.9 Å². The van der Waals surface area contributed by atoms with Gasteiger partial charge in [-0.3, -0.25) is 4.79 Å². The number of nitrogens with one attached hydrogen (secondary N) is 1. The van der Waals surface area contributed by atoms with E-state index < -0.39 is 0 Å². The quantitative estimate of drug-likeness (QED) is 0.785. The Hall–Kier alpha value is -1.51. The molecule has 0 spiro atoms. The van der Waals surface area contributed by atoms with Crippen molar-refractivity contribution < 1.29 is 9.53 Å². The highest BCUT2D eigenvalue weighted by Gasteiger charge is 2.11. The molecule has 0 saturated carbocycles. The van der Waals surface area contributed by atoms with E-state index in [9.17, 15) is 4.79 Å². The van der Waals surface area contributed by atoms with Crippen molar-refractivity contribution in [1.82, 2.24) is 5.32 Å². The summed E-state index contributed by atoms with van der Waals surface area (Å²) in [6.07, 6.45) is 1.89. The maximum atomic E-state index is 11.8. The number of amides is 1. The molecule has 0 aliphatic rings. The molecule has 1 aromatic carbocycles. The van der Waals surface area contributed by atoms with Crippen molar-refractivity contribution in [2.24, 2.45) is 11.8 Å². The number of para-hydroxylation sites is 1. The zero-order valence-electron chi connectivity index (χ0n) is 13.1. The third kappa shape index (κ3) is 5.64. The van der Waals surface area contributed by atoms with Crippen molar-refractivity contribution in [2.75, 3.05) is 6.61 Å². The summed E-state index contributed by atoms with van der Waals surface area (Å²) in [6, 6.07) is 7.90. The molecule has 1 aromatic rings. The molecule has 0 radical (unpaired) electrons. The van der Waals surface area contributed by atoms with Crippen molar-refractivity contribution in [1.29, 1.82) is 0 Å². The fraction of sp³-hybridized carbons (Fsp3) is 0.588. The van der Waals surface area contributed by atoms with Gasteiger partial charge < -0.3 is 10.1 Å². The second kappa shape index (κ2) is 8.62. The third-order valence-corrected chi connectivity index (χ3v) is 3.44. The number of benzene rings is 1. The van der Waals surface area contributed by atoms with Crippen LogP contribution in [0.3, 0.4) is 0 Å². The average Bonchev–Trinajstić information content (AvgIpc) is 2.44. The Morgan fingerprint density at radius 1 is 1.25 bits per heavy atom. The molecule has 3 heteroatoms. The van der Waals surface area contributed by atoms with Crippen LogP contribution in [0.25, 0.3) is 0 Å². The van der Waals surface area contributed by atoms with E-state index in [-0.39, 0.29) is 11.8 Å². The number of carbonyl (C=O) groups excluding carboxylic acids is 1. The van der Waals surface area contributed by atoms with Crippen molar-refractivity contribution in [3.63, 3.8) is 0 Å². The highest BCUT2D eigenvalue weighted by Crippen LogP contribution is 2.18. The minimum absolute atomic E-state index is 0.0593. The number of carbonyl (C=O) groups is 1. The van der Waals surface area contributed by atoms with Gasteiger partial charge in [-0.05, 0) is 24.8 Å². The van der Waals surface area contributed by atoms with Crippen LogP contribution in [-0.2, 0) is 11.3 Å². The fourth-order valence-electron chi connectivity index (χ4n) is 1.74. The van der Waals surface area contributed by atoms with E-state index in [4.69, 9.17) is 4.74 Å². The van der Waals surface area contributed by atoms with E-state index in [1.165, 1.54) is 0 Å². The molecule has 1 amide bonds. The average molecular weight is 277 g/mol. The Kier molecular flexibility index (Phi) is 7.13. The first-order valence-electron chi connectivity index (χ1n) is 7.53. The maximum absolute atomic E-state index is 11.8.